The first-order chi connectivity index (χ1) is 13.5. The van der Waals surface area contributed by atoms with Crippen LogP contribution < -0.4 is 5.73 Å². The molecular formula is C23H26FN3O. The lowest BCUT2D eigenvalue weighted by Crippen LogP contribution is -2.14. The van der Waals surface area contributed by atoms with Gasteiger partial charge in [-0.15, -0.1) is 0 Å². The van der Waals surface area contributed by atoms with Crippen LogP contribution in [0.15, 0.2) is 48.7 Å². The van der Waals surface area contributed by atoms with Crippen molar-refractivity contribution in [3.63, 3.8) is 0 Å². The highest BCUT2D eigenvalue weighted by Crippen LogP contribution is 2.34. The van der Waals surface area contributed by atoms with E-state index in [4.69, 9.17) is 5.73 Å². The Morgan fingerprint density at radius 3 is 2.50 bits per heavy atom. The van der Waals surface area contributed by atoms with Crippen LogP contribution in [-0.2, 0) is 13.0 Å². The number of hydrogen-bond donors (Lipinski definition) is 1. The minimum atomic E-state index is -0.465. The normalized spacial score (nSPS) is 11.0. The van der Waals surface area contributed by atoms with Gasteiger partial charge >= 0.3 is 0 Å². The Balaban J connectivity index is 2.18. The summed E-state index contributed by atoms with van der Waals surface area (Å²) in [5.41, 5.74) is 10.7. The number of unbranched alkanes of at least 4 members (excludes halogenated alkanes) is 2. The molecule has 0 saturated heterocycles. The summed E-state index contributed by atoms with van der Waals surface area (Å²) in [5, 5.41) is 0. The fourth-order valence-electron chi connectivity index (χ4n) is 3.70. The van der Waals surface area contributed by atoms with E-state index in [1.807, 2.05) is 25.1 Å². The van der Waals surface area contributed by atoms with Gasteiger partial charge < -0.3 is 10.3 Å². The molecule has 0 aliphatic heterocycles. The minimum Gasteiger partial charge on any atom is -0.366 e. The molecule has 0 saturated carbocycles. The molecule has 2 N–H and O–H groups in total. The van der Waals surface area contributed by atoms with Crippen LogP contribution in [0.1, 0.15) is 53.6 Å². The van der Waals surface area contributed by atoms with Gasteiger partial charge in [0.05, 0.1) is 17.8 Å². The SMILES string of the molecule is CCCCCc1c(-c2ccc(F)cc2)c(C(N)=O)c(C)n1Cc1ccccn1. The van der Waals surface area contributed by atoms with Crippen molar-refractivity contribution in [3.8, 4) is 11.1 Å². The number of amides is 1. The number of pyridine rings is 1. The quantitative estimate of drug-likeness (QED) is 0.567. The van der Waals surface area contributed by atoms with Crippen molar-refractivity contribution >= 4 is 5.91 Å². The Labute approximate surface area is 165 Å². The van der Waals surface area contributed by atoms with Crippen LogP contribution >= 0.6 is 0 Å². The van der Waals surface area contributed by atoms with Gasteiger partial charge in [-0.1, -0.05) is 38.0 Å². The zero-order valence-corrected chi connectivity index (χ0v) is 16.4. The molecule has 0 atom stereocenters. The zero-order valence-electron chi connectivity index (χ0n) is 16.4. The van der Waals surface area contributed by atoms with Gasteiger partial charge in [0.25, 0.3) is 5.91 Å². The standard InChI is InChI=1S/C23H26FN3O/c1-3-4-5-9-20-22(17-10-12-18(24)13-11-17)21(23(25)28)16(2)27(20)15-19-8-6-7-14-26-19/h6-8,10-14H,3-5,9,15H2,1-2H3,(H2,25,28). The largest absolute Gasteiger partial charge is 0.366 e. The summed E-state index contributed by atoms with van der Waals surface area (Å²) in [7, 11) is 0. The van der Waals surface area contributed by atoms with Crippen molar-refractivity contribution in [2.45, 2.75) is 46.1 Å². The van der Waals surface area contributed by atoms with Crippen LogP contribution in [-0.4, -0.2) is 15.5 Å². The van der Waals surface area contributed by atoms with Crippen LogP contribution in [0, 0.1) is 12.7 Å². The third-order valence-electron chi connectivity index (χ3n) is 5.07. The number of carbonyl (C=O) groups is 1. The summed E-state index contributed by atoms with van der Waals surface area (Å²) in [4.78, 5) is 16.8. The first-order valence-electron chi connectivity index (χ1n) is 9.70. The van der Waals surface area contributed by atoms with Gasteiger partial charge in [-0.05, 0) is 49.6 Å². The molecule has 0 radical (unpaired) electrons. The van der Waals surface area contributed by atoms with Crippen LogP contribution in [0.4, 0.5) is 4.39 Å². The number of nitrogens with two attached hydrogens (primary N) is 1. The van der Waals surface area contributed by atoms with Gasteiger partial charge in [0.1, 0.15) is 5.82 Å². The van der Waals surface area contributed by atoms with E-state index in [1.165, 1.54) is 12.1 Å². The average molecular weight is 379 g/mol. The molecule has 0 aliphatic carbocycles. The highest BCUT2D eigenvalue weighted by atomic mass is 19.1. The molecule has 5 heteroatoms. The number of carbonyl (C=O) groups excluding carboxylic acids is 1. The van der Waals surface area contributed by atoms with Gasteiger partial charge in [0.15, 0.2) is 0 Å². The first-order valence-corrected chi connectivity index (χ1v) is 9.70. The highest BCUT2D eigenvalue weighted by molar-refractivity contribution is 6.02. The summed E-state index contributed by atoms with van der Waals surface area (Å²) < 4.78 is 15.6. The lowest BCUT2D eigenvalue weighted by atomic mass is 9.97. The molecule has 0 spiro atoms. The van der Waals surface area contributed by atoms with Gasteiger partial charge in [0, 0.05) is 23.1 Å². The van der Waals surface area contributed by atoms with Crippen molar-refractivity contribution in [1.29, 1.82) is 0 Å². The smallest absolute Gasteiger partial charge is 0.251 e. The molecule has 28 heavy (non-hydrogen) atoms. The van der Waals surface area contributed by atoms with Gasteiger partial charge in [-0.3, -0.25) is 9.78 Å². The summed E-state index contributed by atoms with van der Waals surface area (Å²) in [6.07, 6.45) is 5.80. The van der Waals surface area contributed by atoms with E-state index in [2.05, 4.69) is 16.5 Å². The number of halogens is 1. The number of primary amides is 1. The van der Waals surface area contributed by atoms with Crippen molar-refractivity contribution in [2.24, 2.45) is 5.73 Å². The van der Waals surface area contributed by atoms with Crippen molar-refractivity contribution in [2.75, 3.05) is 0 Å². The second-order valence-corrected chi connectivity index (χ2v) is 7.02. The molecule has 0 bridgehead atoms. The Morgan fingerprint density at radius 1 is 1.14 bits per heavy atom. The minimum absolute atomic E-state index is 0.304. The Hall–Kier alpha value is -2.95. The number of nitrogens with zero attached hydrogens (tertiary/aromatic N) is 2. The lowest BCUT2D eigenvalue weighted by Gasteiger charge is -2.13. The summed E-state index contributed by atoms with van der Waals surface area (Å²) in [6.45, 7) is 4.64. The average Bonchev–Trinajstić information content (AvgIpc) is 2.96. The first kappa shape index (κ1) is 19.8. The van der Waals surface area contributed by atoms with Crippen LogP contribution in [0.3, 0.4) is 0 Å². The van der Waals surface area contributed by atoms with E-state index in [0.29, 0.717) is 12.1 Å². The molecular weight excluding hydrogens is 353 g/mol. The van der Waals surface area contributed by atoms with E-state index >= 15 is 0 Å². The van der Waals surface area contributed by atoms with E-state index < -0.39 is 5.91 Å². The van der Waals surface area contributed by atoms with Gasteiger partial charge in [0.2, 0.25) is 0 Å². The highest BCUT2D eigenvalue weighted by Gasteiger charge is 2.24. The molecule has 4 nitrogen and oxygen atoms in total. The van der Waals surface area contributed by atoms with E-state index in [-0.39, 0.29) is 5.82 Å². The van der Waals surface area contributed by atoms with E-state index in [1.54, 1.807) is 18.3 Å². The zero-order chi connectivity index (χ0) is 20.1. The fourth-order valence-corrected chi connectivity index (χ4v) is 3.70. The monoisotopic (exact) mass is 379 g/mol. The molecule has 2 heterocycles. The molecule has 2 aromatic heterocycles. The third-order valence-corrected chi connectivity index (χ3v) is 5.07. The Morgan fingerprint density at radius 2 is 1.89 bits per heavy atom. The molecule has 0 fully saturated rings. The lowest BCUT2D eigenvalue weighted by molar-refractivity contribution is 0.1000. The Kier molecular flexibility index (Phi) is 6.24. The molecule has 0 unspecified atom stereocenters. The van der Waals surface area contributed by atoms with Crippen LogP contribution in [0.25, 0.3) is 11.1 Å². The second-order valence-electron chi connectivity index (χ2n) is 7.02. The van der Waals surface area contributed by atoms with Gasteiger partial charge in [-0.25, -0.2) is 4.39 Å². The van der Waals surface area contributed by atoms with Crippen molar-refractivity contribution in [3.05, 3.63) is 77.1 Å². The van der Waals surface area contributed by atoms with E-state index in [9.17, 15) is 9.18 Å². The summed E-state index contributed by atoms with van der Waals surface area (Å²) >= 11 is 0. The predicted molar refractivity (Wildman–Crippen MR) is 110 cm³/mol. The van der Waals surface area contributed by atoms with E-state index in [0.717, 1.165) is 53.9 Å². The number of benzene rings is 1. The maximum absolute atomic E-state index is 13.5. The number of hydrogen-bond acceptors (Lipinski definition) is 2. The topological polar surface area (TPSA) is 60.9 Å². The summed E-state index contributed by atoms with van der Waals surface area (Å²) in [6, 6.07) is 12.1. The van der Waals surface area contributed by atoms with Crippen LogP contribution in [0.5, 0.6) is 0 Å². The maximum Gasteiger partial charge on any atom is 0.251 e. The molecule has 0 aliphatic rings. The van der Waals surface area contributed by atoms with Crippen LogP contribution in [0.2, 0.25) is 0 Å². The molecule has 146 valence electrons. The predicted octanol–water partition coefficient (Wildman–Crippen LogP) is 4.88. The Bertz CT molecular complexity index is 946. The number of aromatic nitrogens is 2. The van der Waals surface area contributed by atoms with Crippen molar-refractivity contribution < 1.29 is 9.18 Å². The molecule has 1 amide bonds. The second kappa shape index (κ2) is 8.83. The molecule has 1 aromatic carbocycles. The van der Waals surface area contributed by atoms with Crippen molar-refractivity contribution in [1.82, 2.24) is 9.55 Å². The number of rotatable bonds is 8. The summed E-state index contributed by atoms with van der Waals surface area (Å²) in [5.74, 6) is -0.769. The third kappa shape index (κ3) is 4.14. The van der Waals surface area contributed by atoms with Gasteiger partial charge in [-0.2, -0.15) is 0 Å². The maximum atomic E-state index is 13.5. The molecule has 3 rings (SSSR count). The fraction of sp³-hybridized carbons (Fsp3) is 0.304. The molecule has 3 aromatic rings.